The highest BCUT2D eigenvalue weighted by Crippen LogP contribution is 2.36. The Labute approximate surface area is 87.5 Å². The van der Waals surface area contributed by atoms with E-state index in [1.165, 1.54) is 0 Å². The van der Waals surface area contributed by atoms with Crippen LogP contribution in [0, 0.1) is 0 Å². The molecule has 0 saturated heterocycles. The van der Waals surface area contributed by atoms with Crippen molar-refractivity contribution in [1.29, 1.82) is 0 Å². The molecule has 2 rings (SSSR count). The summed E-state index contributed by atoms with van der Waals surface area (Å²) in [6.45, 7) is 3.86. The molecule has 0 amide bonds. The lowest BCUT2D eigenvalue weighted by molar-refractivity contribution is 0.312. The number of oxime groups is 2. The molecule has 0 aromatic heterocycles. The maximum atomic E-state index is 8.97. The standard InChI is InChI=1S/C11H12N2O2/c1-11(2)8-6-4-3-5-7(8)9(12-14)10(11)13-15/h3-6,14-15H,1-2H3. The summed E-state index contributed by atoms with van der Waals surface area (Å²) in [4.78, 5) is 0. The average Bonchev–Trinajstić information content (AvgIpc) is 2.46. The molecular formula is C11H12N2O2. The zero-order valence-electron chi connectivity index (χ0n) is 8.60. The van der Waals surface area contributed by atoms with Crippen molar-refractivity contribution < 1.29 is 10.4 Å². The van der Waals surface area contributed by atoms with Gasteiger partial charge in [0.05, 0.1) is 0 Å². The van der Waals surface area contributed by atoms with Crippen molar-refractivity contribution in [2.24, 2.45) is 10.3 Å². The van der Waals surface area contributed by atoms with Crippen LogP contribution in [0.1, 0.15) is 25.0 Å². The topological polar surface area (TPSA) is 65.2 Å². The van der Waals surface area contributed by atoms with Gasteiger partial charge in [0.1, 0.15) is 11.4 Å². The SMILES string of the molecule is CC1(C)C(=NO)C(=NO)c2ccccc21. The lowest BCUT2D eigenvalue weighted by Gasteiger charge is -2.18. The molecule has 4 heteroatoms. The Morgan fingerprint density at radius 3 is 2.33 bits per heavy atom. The first kappa shape index (κ1) is 9.71. The Bertz CT molecular complexity index is 461. The molecule has 1 aromatic carbocycles. The number of rotatable bonds is 0. The van der Waals surface area contributed by atoms with Gasteiger partial charge in [-0.3, -0.25) is 0 Å². The summed E-state index contributed by atoms with van der Waals surface area (Å²) in [6.07, 6.45) is 0. The number of hydrogen-bond acceptors (Lipinski definition) is 4. The monoisotopic (exact) mass is 204 g/mol. The van der Waals surface area contributed by atoms with Gasteiger partial charge in [-0.15, -0.1) is 0 Å². The van der Waals surface area contributed by atoms with Crippen LogP contribution in [0.4, 0.5) is 0 Å². The smallest absolute Gasteiger partial charge is 0.135 e. The Morgan fingerprint density at radius 1 is 1.07 bits per heavy atom. The molecule has 0 heterocycles. The van der Waals surface area contributed by atoms with Crippen LogP contribution in [0.5, 0.6) is 0 Å². The first-order chi connectivity index (χ1) is 7.12. The third kappa shape index (κ3) is 1.14. The van der Waals surface area contributed by atoms with Crippen LogP contribution < -0.4 is 0 Å². The Balaban J connectivity index is 2.76. The number of fused-ring (bicyclic) bond motifs is 1. The van der Waals surface area contributed by atoms with E-state index in [4.69, 9.17) is 10.4 Å². The average molecular weight is 204 g/mol. The maximum Gasteiger partial charge on any atom is 0.135 e. The van der Waals surface area contributed by atoms with Gasteiger partial charge in [0.15, 0.2) is 0 Å². The van der Waals surface area contributed by atoms with E-state index in [2.05, 4.69) is 10.3 Å². The molecule has 2 N–H and O–H groups in total. The van der Waals surface area contributed by atoms with Gasteiger partial charge < -0.3 is 10.4 Å². The number of nitrogens with zero attached hydrogens (tertiary/aromatic N) is 2. The van der Waals surface area contributed by atoms with Crippen molar-refractivity contribution in [1.82, 2.24) is 0 Å². The molecule has 0 bridgehead atoms. The van der Waals surface area contributed by atoms with Crippen LogP contribution in [-0.4, -0.2) is 21.8 Å². The zero-order valence-corrected chi connectivity index (χ0v) is 8.60. The van der Waals surface area contributed by atoms with Gasteiger partial charge >= 0.3 is 0 Å². The van der Waals surface area contributed by atoms with Crippen molar-refractivity contribution in [2.75, 3.05) is 0 Å². The van der Waals surface area contributed by atoms with Gasteiger partial charge in [0.2, 0.25) is 0 Å². The molecule has 4 nitrogen and oxygen atoms in total. The van der Waals surface area contributed by atoms with Crippen molar-refractivity contribution in [2.45, 2.75) is 19.3 Å². The molecule has 78 valence electrons. The van der Waals surface area contributed by atoms with E-state index < -0.39 is 5.41 Å². The molecule has 1 aliphatic rings. The van der Waals surface area contributed by atoms with Gasteiger partial charge in [-0.05, 0) is 19.4 Å². The van der Waals surface area contributed by atoms with Crippen molar-refractivity contribution >= 4 is 11.4 Å². The third-order valence-corrected chi connectivity index (χ3v) is 2.87. The number of benzene rings is 1. The highest BCUT2D eigenvalue weighted by molar-refractivity contribution is 6.54. The molecule has 0 saturated carbocycles. The second-order valence-corrected chi connectivity index (χ2v) is 4.07. The van der Waals surface area contributed by atoms with Gasteiger partial charge in [-0.2, -0.15) is 0 Å². The van der Waals surface area contributed by atoms with E-state index in [0.29, 0.717) is 11.4 Å². The number of hydrogen-bond donors (Lipinski definition) is 2. The highest BCUT2D eigenvalue weighted by Gasteiger charge is 2.41. The second kappa shape index (κ2) is 3.08. The van der Waals surface area contributed by atoms with Crippen LogP contribution in [0.3, 0.4) is 0 Å². The van der Waals surface area contributed by atoms with Crippen LogP contribution in [-0.2, 0) is 5.41 Å². The molecule has 0 unspecified atom stereocenters. The molecule has 1 aromatic rings. The molecule has 0 atom stereocenters. The molecule has 1 aliphatic carbocycles. The summed E-state index contributed by atoms with van der Waals surface area (Å²) in [7, 11) is 0. The van der Waals surface area contributed by atoms with E-state index in [0.717, 1.165) is 11.1 Å². The lowest BCUT2D eigenvalue weighted by atomic mass is 9.85. The summed E-state index contributed by atoms with van der Waals surface area (Å²) in [6, 6.07) is 7.57. The molecule has 15 heavy (non-hydrogen) atoms. The minimum atomic E-state index is -0.424. The highest BCUT2D eigenvalue weighted by atomic mass is 16.4. The van der Waals surface area contributed by atoms with Gasteiger partial charge in [-0.1, -0.05) is 34.6 Å². The lowest BCUT2D eigenvalue weighted by Crippen LogP contribution is -2.27. The normalized spacial score (nSPS) is 23.3. The van der Waals surface area contributed by atoms with Crippen molar-refractivity contribution in [3.05, 3.63) is 35.4 Å². The summed E-state index contributed by atoms with van der Waals surface area (Å²) in [5.41, 5.74) is 2.14. The minimum absolute atomic E-state index is 0.345. The first-order valence-corrected chi connectivity index (χ1v) is 4.67. The Morgan fingerprint density at radius 2 is 1.73 bits per heavy atom. The Hall–Kier alpha value is -1.84. The van der Waals surface area contributed by atoms with Crippen LogP contribution >= 0.6 is 0 Å². The fourth-order valence-corrected chi connectivity index (χ4v) is 2.06. The maximum absolute atomic E-state index is 8.97. The summed E-state index contributed by atoms with van der Waals surface area (Å²) < 4.78 is 0. The van der Waals surface area contributed by atoms with Crippen LogP contribution in [0.25, 0.3) is 0 Å². The van der Waals surface area contributed by atoms with Crippen molar-refractivity contribution in [3.63, 3.8) is 0 Å². The predicted molar refractivity (Wildman–Crippen MR) is 57.0 cm³/mol. The fraction of sp³-hybridized carbons (Fsp3) is 0.273. The summed E-state index contributed by atoms with van der Waals surface area (Å²) in [5, 5.41) is 24.3. The fourth-order valence-electron chi connectivity index (χ4n) is 2.06. The van der Waals surface area contributed by atoms with Gasteiger partial charge in [0, 0.05) is 11.0 Å². The van der Waals surface area contributed by atoms with E-state index >= 15 is 0 Å². The summed E-state index contributed by atoms with van der Waals surface area (Å²) >= 11 is 0. The van der Waals surface area contributed by atoms with Crippen LogP contribution in [0.2, 0.25) is 0 Å². The van der Waals surface area contributed by atoms with E-state index in [1.54, 1.807) is 0 Å². The molecule has 0 radical (unpaired) electrons. The first-order valence-electron chi connectivity index (χ1n) is 4.67. The largest absolute Gasteiger partial charge is 0.411 e. The van der Waals surface area contributed by atoms with Crippen molar-refractivity contribution in [3.8, 4) is 0 Å². The second-order valence-electron chi connectivity index (χ2n) is 4.07. The van der Waals surface area contributed by atoms with Crippen LogP contribution in [0.15, 0.2) is 34.6 Å². The van der Waals surface area contributed by atoms with E-state index in [9.17, 15) is 0 Å². The molecule has 0 spiro atoms. The quantitative estimate of drug-likeness (QED) is 0.501. The van der Waals surface area contributed by atoms with Gasteiger partial charge in [0.25, 0.3) is 0 Å². The zero-order chi connectivity index (χ0) is 11.1. The summed E-state index contributed by atoms with van der Waals surface area (Å²) in [5.74, 6) is 0. The third-order valence-electron chi connectivity index (χ3n) is 2.87. The Kier molecular flexibility index (Phi) is 2.00. The molecule has 0 fully saturated rings. The molecule has 0 aliphatic heterocycles. The van der Waals surface area contributed by atoms with Gasteiger partial charge in [-0.25, -0.2) is 0 Å². The van der Waals surface area contributed by atoms with E-state index in [-0.39, 0.29) is 0 Å². The minimum Gasteiger partial charge on any atom is -0.411 e. The predicted octanol–water partition coefficient (Wildman–Crippen LogP) is 1.99. The van der Waals surface area contributed by atoms with E-state index in [1.807, 2.05) is 38.1 Å². The molecular weight excluding hydrogens is 192 g/mol.